The molecule has 0 heterocycles. The zero-order valence-electron chi connectivity index (χ0n) is 14.2. The van der Waals surface area contributed by atoms with Crippen molar-refractivity contribution in [1.29, 1.82) is 0 Å². The van der Waals surface area contributed by atoms with Gasteiger partial charge >= 0.3 is 0 Å². The Hall–Kier alpha value is -0.730. The third kappa shape index (κ3) is 6.71. The van der Waals surface area contributed by atoms with E-state index in [1.165, 1.54) is 11.3 Å². The Labute approximate surface area is 135 Å². The molecule has 0 saturated carbocycles. The molecule has 0 aliphatic heterocycles. The van der Waals surface area contributed by atoms with Gasteiger partial charge in [-0.05, 0) is 48.6 Å². The van der Waals surface area contributed by atoms with Crippen LogP contribution in [0, 0.1) is 11.8 Å². The molecule has 0 bridgehead atoms. The van der Waals surface area contributed by atoms with Gasteiger partial charge in [0.25, 0.3) is 0 Å². The topological polar surface area (TPSA) is 15.3 Å². The van der Waals surface area contributed by atoms with Crippen LogP contribution in [-0.4, -0.2) is 19.6 Å². The van der Waals surface area contributed by atoms with E-state index in [0.717, 1.165) is 37.6 Å². The third-order valence-electron chi connectivity index (χ3n) is 3.30. The number of nitrogens with one attached hydrogen (secondary N) is 1. The molecular weight excluding hydrogens is 280 g/mol. The fraction of sp³-hybridized carbons (Fsp3) is 0.667. The molecule has 1 rings (SSSR count). The summed E-state index contributed by atoms with van der Waals surface area (Å²) in [5.74, 6) is 1.30. The van der Waals surface area contributed by atoms with Crippen molar-refractivity contribution in [3.8, 4) is 0 Å². The highest BCUT2D eigenvalue weighted by Crippen LogP contribution is 2.26. The van der Waals surface area contributed by atoms with Crippen LogP contribution in [0.4, 0.5) is 5.69 Å². The van der Waals surface area contributed by atoms with E-state index in [-0.39, 0.29) is 0 Å². The molecule has 0 aromatic heterocycles. The molecule has 1 aromatic rings. The van der Waals surface area contributed by atoms with Gasteiger partial charge in [0.2, 0.25) is 0 Å². The predicted molar refractivity (Wildman–Crippen MR) is 95.3 cm³/mol. The van der Waals surface area contributed by atoms with Gasteiger partial charge in [-0.3, -0.25) is 0 Å². The lowest BCUT2D eigenvalue weighted by molar-refractivity contribution is 0.550. The largest absolute Gasteiger partial charge is 0.371 e. The van der Waals surface area contributed by atoms with Crippen molar-refractivity contribution in [3.63, 3.8) is 0 Å². The lowest BCUT2D eigenvalue weighted by Crippen LogP contribution is -2.32. The van der Waals surface area contributed by atoms with E-state index in [1.54, 1.807) is 0 Å². The van der Waals surface area contributed by atoms with Crippen LogP contribution in [-0.2, 0) is 6.54 Å². The smallest absolute Gasteiger partial charge is 0.0413 e. The van der Waals surface area contributed by atoms with Crippen LogP contribution in [0.3, 0.4) is 0 Å². The molecule has 0 radical (unpaired) electrons. The molecule has 2 nitrogen and oxygen atoms in total. The molecule has 1 aromatic carbocycles. The molecule has 0 saturated heterocycles. The molecule has 0 amide bonds. The highest BCUT2D eigenvalue weighted by atomic mass is 35.5. The van der Waals surface area contributed by atoms with Gasteiger partial charge in [-0.25, -0.2) is 0 Å². The van der Waals surface area contributed by atoms with Crippen LogP contribution < -0.4 is 10.2 Å². The van der Waals surface area contributed by atoms with Crippen molar-refractivity contribution in [2.75, 3.05) is 24.5 Å². The van der Waals surface area contributed by atoms with E-state index in [9.17, 15) is 0 Å². The average molecular weight is 311 g/mol. The molecule has 0 aliphatic carbocycles. The van der Waals surface area contributed by atoms with Crippen molar-refractivity contribution < 1.29 is 0 Å². The summed E-state index contributed by atoms with van der Waals surface area (Å²) in [5.41, 5.74) is 2.63. The minimum atomic E-state index is 0.649. The monoisotopic (exact) mass is 310 g/mol. The molecule has 0 aliphatic rings. The summed E-state index contributed by atoms with van der Waals surface area (Å²) in [6.07, 6.45) is 1.15. The molecule has 0 fully saturated rings. The van der Waals surface area contributed by atoms with Gasteiger partial charge in [0.1, 0.15) is 0 Å². The number of rotatable bonds is 9. The predicted octanol–water partition coefficient (Wildman–Crippen LogP) is 4.96. The van der Waals surface area contributed by atoms with Crippen molar-refractivity contribution in [2.45, 2.75) is 47.6 Å². The van der Waals surface area contributed by atoms with Gasteiger partial charge in [-0.2, -0.15) is 0 Å². The Morgan fingerprint density at radius 2 is 1.71 bits per heavy atom. The Kier molecular flexibility index (Phi) is 8.13. The summed E-state index contributed by atoms with van der Waals surface area (Å²) in [6.45, 7) is 15.4. The minimum absolute atomic E-state index is 0.649. The second-order valence-corrected chi connectivity index (χ2v) is 7.08. The maximum Gasteiger partial charge on any atom is 0.0413 e. The first-order valence-corrected chi connectivity index (χ1v) is 8.55. The van der Waals surface area contributed by atoms with E-state index in [2.05, 4.69) is 57.0 Å². The fourth-order valence-corrected chi connectivity index (χ4v) is 2.75. The first-order valence-electron chi connectivity index (χ1n) is 8.18. The normalized spacial score (nSPS) is 11.4. The van der Waals surface area contributed by atoms with Crippen molar-refractivity contribution in [2.24, 2.45) is 11.8 Å². The number of halogens is 1. The summed E-state index contributed by atoms with van der Waals surface area (Å²) in [6, 6.07) is 6.29. The van der Waals surface area contributed by atoms with Crippen LogP contribution in [0.1, 0.15) is 46.6 Å². The zero-order valence-corrected chi connectivity index (χ0v) is 15.0. The van der Waals surface area contributed by atoms with Crippen LogP contribution in [0.5, 0.6) is 0 Å². The lowest BCUT2D eigenvalue weighted by atomic mass is 10.1. The second-order valence-electron chi connectivity index (χ2n) is 6.64. The van der Waals surface area contributed by atoms with Crippen LogP contribution in [0.25, 0.3) is 0 Å². The third-order valence-corrected chi connectivity index (χ3v) is 3.53. The maximum atomic E-state index is 6.20. The molecular formula is C18H31ClN2. The number of hydrogen-bond donors (Lipinski definition) is 1. The summed E-state index contributed by atoms with van der Waals surface area (Å²) < 4.78 is 0. The average Bonchev–Trinajstić information content (AvgIpc) is 2.37. The van der Waals surface area contributed by atoms with Gasteiger partial charge in [0, 0.05) is 30.3 Å². The summed E-state index contributed by atoms with van der Waals surface area (Å²) in [4.78, 5) is 2.51. The molecule has 0 unspecified atom stereocenters. The van der Waals surface area contributed by atoms with Crippen molar-refractivity contribution in [3.05, 3.63) is 28.8 Å². The highest BCUT2D eigenvalue weighted by Gasteiger charge is 2.14. The van der Waals surface area contributed by atoms with Gasteiger partial charge in [-0.15, -0.1) is 0 Å². The lowest BCUT2D eigenvalue weighted by Gasteiger charge is -2.30. The number of hydrogen-bond acceptors (Lipinski definition) is 2. The van der Waals surface area contributed by atoms with E-state index in [1.807, 2.05) is 6.07 Å². The first kappa shape index (κ1) is 18.3. The van der Waals surface area contributed by atoms with Crippen LogP contribution in [0.2, 0.25) is 5.02 Å². The molecule has 120 valence electrons. The molecule has 0 atom stereocenters. The van der Waals surface area contributed by atoms with E-state index in [0.29, 0.717) is 11.8 Å². The van der Waals surface area contributed by atoms with Gasteiger partial charge < -0.3 is 10.2 Å². The first-order chi connectivity index (χ1) is 9.93. The Morgan fingerprint density at radius 3 is 2.24 bits per heavy atom. The van der Waals surface area contributed by atoms with Crippen LogP contribution in [0.15, 0.2) is 18.2 Å². The molecule has 21 heavy (non-hydrogen) atoms. The van der Waals surface area contributed by atoms with Crippen LogP contribution >= 0.6 is 11.6 Å². The standard InChI is InChI=1S/C18H31ClN2/c1-6-9-20-11-16-10-17(19)7-8-18(16)21(12-14(2)3)13-15(4)5/h7-8,10,14-15,20H,6,9,11-13H2,1-5H3. The molecule has 3 heteroatoms. The SMILES string of the molecule is CCCNCc1cc(Cl)ccc1N(CC(C)C)CC(C)C. The van der Waals surface area contributed by atoms with Gasteiger partial charge in [0.05, 0.1) is 0 Å². The van der Waals surface area contributed by atoms with Gasteiger partial charge in [-0.1, -0.05) is 46.2 Å². The Morgan fingerprint density at radius 1 is 1.10 bits per heavy atom. The van der Waals surface area contributed by atoms with E-state index in [4.69, 9.17) is 11.6 Å². The second kappa shape index (κ2) is 9.32. The maximum absolute atomic E-state index is 6.20. The zero-order chi connectivity index (χ0) is 15.8. The van der Waals surface area contributed by atoms with Crippen molar-refractivity contribution >= 4 is 17.3 Å². The summed E-state index contributed by atoms with van der Waals surface area (Å²) in [7, 11) is 0. The number of benzene rings is 1. The molecule has 1 N–H and O–H groups in total. The Bertz CT molecular complexity index is 406. The van der Waals surface area contributed by atoms with E-state index < -0.39 is 0 Å². The Balaban J connectivity index is 2.98. The minimum Gasteiger partial charge on any atom is -0.371 e. The van der Waals surface area contributed by atoms with Gasteiger partial charge in [0.15, 0.2) is 0 Å². The summed E-state index contributed by atoms with van der Waals surface area (Å²) in [5, 5.41) is 4.32. The quantitative estimate of drug-likeness (QED) is 0.649. The summed E-state index contributed by atoms with van der Waals surface area (Å²) >= 11 is 6.20. The van der Waals surface area contributed by atoms with E-state index >= 15 is 0 Å². The number of anilines is 1. The van der Waals surface area contributed by atoms with Crippen molar-refractivity contribution in [1.82, 2.24) is 5.32 Å². The fourth-order valence-electron chi connectivity index (χ4n) is 2.56. The molecule has 0 spiro atoms. The number of nitrogens with zero attached hydrogens (tertiary/aromatic N) is 1. The highest BCUT2D eigenvalue weighted by molar-refractivity contribution is 6.30.